The van der Waals surface area contributed by atoms with E-state index in [1.54, 1.807) is 6.34 Å². The lowest BCUT2D eigenvalue weighted by Crippen LogP contribution is -2.22. The van der Waals surface area contributed by atoms with Crippen molar-refractivity contribution < 1.29 is 4.79 Å². The fourth-order valence-electron chi connectivity index (χ4n) is 0.494. The summed E-state index contributed by atoms with van der Waals surface area (Å²) in [7, 11) is 6.39. The van der Waals surface area contributed by atoms with Crippen LogP contribution in [0.15, 0.2) is 4.99 Å². The van der Waals surface area contributed by atoms with E-state index in [9.17, 15) is 4.79 Å². The van der Waals surface area contributed by atoms with E-state index in [-0.39, 0.29) is 10.7 Å². The van der Waals surface area contributed by atoms with Crippen molar-refractivity contribution in [1.29, 1.82) is 0 Å². The maximum absolute atomic E-state index is 10.6. The Morgan fingerprint density at radius 3 is 2.91 bits per heavy atom. The van der Waals surface area contributed by atoms with E-state index in [1.165, 1.54) is 21.6 Å². The Hall–Kier alpha value is -0.360. The predicted molar refractivity (Wildman–Crippen MR) is 49.7 cm³/mol. The molecule has 1 amide bonds. The molecule has 0 radical (unpaired) electrons. The average molecular weight is 191 g/mol. The topological polar surface area (TPSA) is 44.7 Å². The Bertz CT molecular complexity index is 183. The molecule has 0 aromatic carbocycles. The highest BCUT2D eigenvalue weighted by Gasteiger charge is 2.20. The van der Waals surface area contributed by atoms with Crippen molar-refractivity contribution in [2.24, 2.45) is 4.99 Å². The van der Waals surface area contributed by atoms with E-state index in [0.29, 0.717) is 0 Å². The van der Waals surface area contributed by atoms with Crippen LogP contribution in [0.5, 0.6) is 0 Å². The normalized spacial score (nSPS) is 24.2. The largest absolute Gasteiger partial charge is 0.369 e. The summed E-state index contributed by atoms with van der Waals surface area (Å²) in [6.45, 7) is 0. The Morgan fingerprint density at radius 1 is 1.73 bits per heavy atom. The molecule has 0 spiro atoms. The minimum absolute atomic E-state index is 0.0177. The number of carbonyl (C=O) groups excluding carboxylic acids is 1. The zero-order valence-corrected chi connectivity index (χ0v) is 7.91. The van der Waals surface area contributed by atoms with Crippen molar-refractivity contribution in [2.45, 2.75) is 5.50 Å². The fraction of sp³-hybridized carbons (Fsp3) is 0.600. The summed E-state index contributed by atoms with van der Waals surface area (Å²) in [4.78, 5) is 16.6. The minimum Gasteiger partial charge on any atom is -0.369 e. The zero-order valence-electron chi connectivity index (χ0n) is 6.27. The average Bonchev–Trinajstić information content (AvgIpc) is 2.31. The first kappa shape index (κ1) is 8.73. The molecule has 1 unspecified atom stereocenters. The van der Waals surface area contributed by atoms with Crippen LogP contribution in [0, 0.1) is 0 Å². The van der Waals surface area contributed by atoms with E-state index in [2.05, 4.69) is 10.3 Å². The van der Waals surface area contributed by atoms with Gasteiger partial charge in [-0.2, -0.15) is 0 Å². The van der Waals surface area contributed by atoms with Gasteiger partial charge < -0.3 is 10.2 Å². The molecule has 1 rings (SSSR count). The molecule has 6 heteroatoms. The lowest BCUT2D eigenvalue weighted by molar-refractivity contribution is 0.261. The van der Waals surface area contributed by atoms with Gasteiger partial charge in [-0.1, -0.05) is 0 Å². The highest BCUT2D eigenvalue weighted by atomic mass is 33.1. The maximum Gasteiger partial charge on any atom is 0.292 e. The molecule has 1 N–H and O–H groups in total. The predicted octanol–water partition coefficient (Wildman–Crippen LogP) is 0.965. The Kier molecular flexibility index (Phi) is 3.07. The van der Waals surface area contributed by atoms with Crippen LogP contribution in [0.2, 0.25) is 0 Å². The van der Waals surface area contributed by atoms with Crippen molar-refractivity contribution >= 4 is 33.2 Å². The monoisotopic (exact) mass is 191 g/mol. The molecule has 1 fully saturated rings. The van der Waals surface area contributed by atoms with E-state index in [0.717, 1.165) is 0 Å². The van der Waals surface area contributed by atoms with E-state index >= 15 is 0 Å². The SMILES string of the molecule is CN(C)C=NC1NC(=O)SS1. The third-order valence-electron chi connectivity index (χ3n) is 0.889. The molecule has 11 heavy (non-hydrogen) atoms. The molecule has 1 saturated heterocycles. The number of nitrogens with zero attached hydrogens (tertiary/aromatic N) is 2. The number of hydrogen-bond donors (Lipinski definition) is 1. The number of carbonyl (C=O) groups is 1. The molecule has 0 aliphatic carbocycles. The second kappa shape index (κ2) is 3.87. The molecule has 1 atom stereocenters. The van der Waals surface area contributed by atoms with Gasteiger partial charge in [-0.3, -0.25) is 4.79 Å². The van der Waals surface area contributed by atoms with Crippen molar-refractivity contribution in [1.82, 2.24) is 10.2 Å². The number of aliphatic imine (C=N–C) groups is 1. The van der Waals surface area contributed by atoms with Gasteiger partial charge in [0.05, 0.1) is 6.34 Å². The summed E-state index contributed by atoms with van der Waals surface area (Å²) in [5, 5.41) is 2.65. The Labute approximate surface area is 73.2 Å². The molecule has 4 nitrogen and oxygen atoms in total. The lowest BCUT2D eigenvalue weighted by Gasteiger charge is -2.04. The second-order valence-electron chi connectivity index (χ2n) is 2.19. The highest BCUT2D eigenvalue weighted by molar-refractivity contribution is 8.83. The molecular formula is C5H9N3OS2. The summed E-state index contributed by atoms with van der Waals surface area (Å²) in [5.74, 6) is 0. The molecule has 1 aliphatic heterocycles. The molecule has 0 bridgehead atoms. The minimum atomic E-state index is -0.116. The Balaban J connectivity index is 2.33. The van der Waals surface area contributed by atoms with Crippen LogP contribution in [-0.2, 0) is 0 Å². The first-order valence-corrected chi connectivity index (χ1v) is 5.23. The van der Waals surface area contributed by atoms with Gasteiger partial charge in [-0.15, -0.1) is 0 Å². The van der Waals surface area contributed by atoms with Gasteiger partial charge in [-0.05, 0) is 10.8 Å². The smallest absolute Gasteiger partial charge is 0.292 e. The highest BCUT2D eigenvalue weighted by Crippen LogP contribution is 2.32. The zero-order chi connectivity index (χ0) is 8.27. The number of rotatable bonds is 2. The lowest BCUT2D eigenvalue weighted by atomic mass is 10.9. The van der Waals surface area contributed by atoms with Gasteiger partial charge >= 0.3 is 0 Å². The van der Waals surface area contributed by atoms with Crippen molar-refractivity contribution in [2.75, 3.05) is 14.1 Å². The number of hydrogen-bond acceptors (Lipinski definition) is 4. The summed E-state index contributed by atoms with van der Waals surface area (Å²) >= 11 is 0. The summed E-state index contributed by atoms with van der Waals surface area (Å²) in [6.07, 6.45) is 1.68. The van der Waals surface area contributed by atoms with Gasteiger partial charge in [0.25, 0.3) is 5.24 Å². The van der Waals surface area contributed by atoms with E-state index < -0.39 is 0 Å². The van der Waals surface area contributed by atoms with Crippen molar-refractivity contribution in [3.63, 3.8) is 0 Å². The first-order valence-electron chi connectivity index (χ1n) is 3.02. The Morgan fingerprint density at radius 2 is 2.45 bits per heavy atom. The summed E-state index contributed by atoms with van der Waals surface area (Å²) < 4.78 is 0. The van der Waals surface area contributed by atoms with Crippen LogP contribution in [0.4, 0.5) is 4.79 Å². The van der Waals surface area contributed by atoms with Crippen LogP contribution in [0.3, 0.4) is 0 Å². The number of nitrogens with one attached hydrogen (secondary N) is 1. The van der Waals surface area contributed by atoms with Crippen LogP contribution in [0.1, 0.15) is 0 Å². The van der Waals surface area contributed by atoms with Gasteiger partial charge in [0, 0.05) is 24.9 Å². The van der Waals surface area contributed by atoms with Gasteiger partial charge in [0.15, 0.2) is 5.50 Å². The third-order valence-corrected chi connectivity index (χ3v) is 2.97. The second-order valence-corrected chi connectivity index (χ2v) is 4.45. The first-order chi connectivity index (χ1) is 5.18. The maximum atomic E-state index is 10.6. The van der Waals surface area contributed by atoms with Crippen molar-refractivity contribution in [3.8, 4) is 0 Å². The molecule has 0 aromatic heterocycles. The van der Waals surface area contributed by atoms with Gasteiger partial charge in [-0.25, -0.2) is 4.99 Å². The number of amides is 1. The van der Waals surface area contributed by atoms with Crippen LogP contribution >= 0.6 is 21.6 Å². The van der Waals surface area contributed by atoms with Gasteiger partial charge in [0.2, 0.25) is 0 Å². The summed E-state index contributed by atoms with van der Waals surface area (Å²) in [5.41, 5.74) is -0.116. The van der Waals surface area contributed by atoms with E-state index in [4.69, 9.17) is 0 Å². The molecule has 0 saturated carbocycles. The fourth-order valence-corrected chi connectivity index (χ4v) is 2.14. The van der Waals surface area contributed by atoms with E-state index in [1.807, 2.05) is 19.0 Å². The summed E-state index contributed by atoms with van der Waals surface area (Å²) in [6, 6.07) is 0. The van der Waals surface area contributed by atoms with Crippen LogP contribution in [0.25, 0.3) is 0 Å². The standard InChI is InChI=1S/C5H9N3OS2/c1-8(2)3-6-4-7-5(9)11-10-4/h3-4H,1-2H3,(H,7,9). The van der Waals surface area contributed by atoms with Gasteiger partial charge in [0.1, 0.15) is 0 Å². The van der Waals surface area contributed by atoms with Crippen molar-refractivity contribution in [3.05, 3.63) is 0 Å². The van der Waals surface area contributed by atoms with Crippen LogP contribution < -0.4 is 5.32 Å². The molecule has 62 valence electrons. The quantitative estimate of drug-likeness (QED) is 0.401. The molecule has 0 aromatic rings. The molecule has 1 heterocycles. The molecule has 1 aliphatic rings. The van der Waals surface area contributed by atoms with Crippen LogP contribution in [-0.4, -0.2) is 36.1 Å². The third kappa shape index (κ3) is 3.02. The molecular weight excluding hydrogens is 182 g/mol.